The first-order valence-electron chi connectivity index (χ1n) is 5.48. The van der Waals surface area contributed by atoms with E-state index in [0.717, 1.165) is 0 Å². The van der Waals surface area contributed by atoms with Gasteiger partial charge in [0.1, 0.15) is 5.69 Å². The lowest BCUT2D eigenvalue weighted by molar-refractivity contribution is -0.143. The van der Waals surface area contributed by atoms with Crippen LogP contribution in [0, 0.1) is 12.3 Å². The summed E-state index contributed by atoms with van der Waals surface area (Å²) in [5, 5.41) is 19.3. The van der Waals surface area contributed by atoms with Crippen molar-refractivity contribution in [3.63, 3.8) is 0 Å². The molecular formula is C11H16N4O3. The molecule has 1 atom stereocenters. The number of aromatic nitrogens is 3. The van der Waals surface area contributed by atoms with Crippen LogP contribution in [0.4, 0.5) is 0 Å². The Kier molecular flexibility index (Phi) is 5.84. The Hall–Kier alpha value is -1.91. The van der Waals surface area contributed by atoms with Gasteiger partial charge in [0, 0.05) is 13.2 Å². The predicted molar refractivity (Wildman–Crippen MR) is 63.3 cm³/mol. The molecular weight excluding hydrogens is 236 g/mol. The van der Waals surface area contributed by atoms with Crippen molar-refractivity contribution in [2.24, 2.45) is 0 Å². The van der Waals surface area contributed by atoms with Crippen LogP contribution in [0.1, 0.15) is 18.2 Å². The third-order valence-corrected chi connectivity index (χ3v) is 2.24. The van der Waals surface area contributed by atoms with Gasteiger partial charge in [0.25, 0.3) is 0 Å². The molecule has 18 heavy (non-hydrogen) atoms. The topological polar surface area (TPSA) is 89.3 Å². The van der Waals surface area contributed by atoms with Crippen molar-refractivity contribution in [1.82, 2.24) is 20.3 Å². The highest BCUT2D eigenvalue weighted by Crippen LogP contribution is 2.10. The molecule has 2 N–H and O–H groups in total. The van der Waals surface area contributed by atoms with Gasteiger partial charge in [-0.3, -0.25) is 10.00 Å². The summed E-state index contributed by atoms with van der Waals surface area (Å²) in [6, 6.07) is -0.728. The van der Waals surface area contributed by atoms with E-state index in [1.54, 1.807) is 10.9 Å². The first kappa shape index (κ1) is 14.2. The molecule has 0 spiro atoms. The number of aryl methyl sites for hydroxylation is 1. The van der Waals surface area contributed by atoms with Gasteiger partial charge in [-0.1, -0.05) is 11.1 Å². The largest absolute Gasteiger partial charge is 0.468 e. The molecule has 0 aromatic carbocycles. The fraction of sp³-hybridized carbons (Fsp3) is 0.545. The standard InChI is InChI=1S/C11H16N4O3/c1-3-5-12-10(11(17)18-2)9-8-15(14-13-9)6-4-7-16/h1,8,10,12,16H,4-7H2,2H3. The minimum absolute atomic E-state index is 0.0744. The summed E-state index contributed by atoms with van der Waals surface area (Å²) in [5.41, 5.74) is 0.440. The highest BCUT2D eigenvalue weighted by molar-refractivity contribution is 5.76. The van der Waals surface area contributed by atoms with Gasteiger partial charge in [-0.25, -0.2) is 4.79 Å². The smallest absolute Gasteiger partial charge is 0.329 e. The first-order valence-corrected chi connectivity index (χ1v) is 5.48. The third-order valence-electron chi connectivity index (χ3n) is 2.24. The SMILES string of the molecule is C#CCNC(C(=O)OC)c1cn(CCCO)nn1. The summed E-state index contributed by atoms with van der Waals surface area (Å²) >= 11 is 0. The summed E-state index contributed by atoms with van der Waals surface area (Å²) in [4.78, 5) is 11.6. The Morgan fingerprint density at radius 2 is 2.56 bits per heavy atom. The number of nitrogens with one attached hydrogen (secondary N) is 1. The lowest BCUT2D eigenvalue weighted by Gasteiger charge is -2.11. The Labute approximate surface area is 105 Å². The molecule has 0 saturated heterocycles. The number of carbonyl (C=O) groups is 1. The molecule has 0 radical (unpaired) electrons. The molecule has 1 aromatic heterocycles. The van der Waals surface area contributed by atoms with E-state index in [1.165, 1.54) is 7.11 Å². The van der Waals surface area contributed by atoms with Crippen LogP contribution in [0.15, 0.2) is 6.20 Å². The van der Waals surface area contributed by atoms with Gasteiger partial charge in [-0.2, -0.15) is 0 Å². The number of methoxy groups -OCH3 is 1. The van der Waals surface area contributed by atoms with Gasteiger partial charge in [0.15, 0.2) is 6.04 Å². The number of hydrogen-bond acceptors (Lipinski definition) is 6. The third kappa shape index (κ3) is 3.84. The zero-order valence-corrected chi connectivity index (χ0v) is 10.2. The molecule has 0 aliphatic heterocycles. The summed E-state index contributed by atoms with van der Waals surface area (Å²) in [7, 11) is 1.29. The Balaban J connectivity index is 2.75. The van der Waals surface area contributed by atoms with Crippen LogP contribution in [-0.2, 0) is 16.1 Å². The molecule has 0 saturated carbocycles. The van der Waals surface area contributed by atoms with Crippen LogP contribution >= 0.6 is 0 Å². The molecule has 7 nitrogen and oxygen atoms in total. The van der Waals surface area contributed by atoms with Crippen LogP contribution < -0.4 is 5.32 Å². The van der Waals surface area contributed by atoms with E-state index in [0.29, 0.717) is 18.7 Å². The highest BCUT2D eigenvalue weighted by Gasteiger charge is 2.23. The van der Waals surface area contributed by atoms with Gasteiger partial charge >= 0.3 is 5.97 Å². The normalized spacial score (nSPS) is 11.8. The molecule has 0 amide bonds. The summed E-state index contributed by atoms with van der Waals surface area (Å²) in [6.07, 6.45) is 7.33. The van der Waals surface area contributed by atoms with Crippen molar-refractivity contribution >= 4 is 5.97 Å². The maximum absolute atomic E-state index is 11.6. The van der Waals surface area contributed by atoms with Crippen molar-refractivity contribution in [2.45, 2.75) is 19.0 Å². The lowest BCUT2D eigenvalue weighted by Crippen LogP contribution is -2.30. The number of nitrogens with zero attached hydrogens (tertiary/aromatic N) is 3. The van der Waals surface area contributed by atoms with E-state index in [-0.39, 0.29) is 13.2 Å². The minimum Gasteiger partial charge on any atom is -0.468 e. The number of hydrogen-bond donors (Lipinski definition) is 2. The molecule has 1 unspecified atom stereocenters. The van der Waals surface area contributed by atoms with E-state index in [1.807, 2.05) is 0 Å². The zero-order chi connectivity index (χ0) is 13.4. The Bertz CT molecular complexity index is 424. The molecule has 0 bridgehead atoms. The number of esters is 1. The maximum atomic E-state index is 11.6. The van der Waals surface area contributed by atoms with E-state index in [4.69, 9.17) is 11.5 Å². The molecule has 0 fully saturated rings. The molecule has 1 rings (SSSR count). The highest BCUT2D eigenvalue weighted by atomic mass is 16.5. The van der Waals surface area contributed by atoms with Crippen LogP contribution in [0.3, 0.4) is 0 Å². The number of aliphatic hydroxyl groups is 1. The molecule has 0 aliphatic carbocycles. The molecule has 1 heterocycles. The Morgan fingerprint density at radius 1 is 1.78 bits per heavy atom. The predicted octanol–water partition coefficient (Wildman–Crippen LogP) is -0.903. The van der Waals surface area contributed by atoms with Gasteiger partial charge in [0.2, 0.25) is 0 Å². The van der Waals surface area contributed by atoms with Gasteiger partial charge in [-0.15, -0.1) is 11.5 Å². The zero-order valence-electron chi connectivity index (χ0n) is 10.2. The maximum Gasteiger partial charge on any atom is 0.329 e. The molecule has 1 aromatic rings. The fourth-order valence-electron chi connectivity index (χ4n) is 1.38. The number of aliphatic hydroxyl groups excluding tert-OH is 1. The minimum atomic E-state index is -0.728. The molecule has 0 aliphatic rings. The van der Waals surface area contributed by atoms with Crippen molar-refractivity contribution < 1.29 is 14.6 Å². The van der Waals surface area contributed by atoms with E-state index >= 15 is 0 Å². The summed E-state index contributed by atoms with van der Waals surface area (Å²) in [6.45, 7) is 0.834. The molecule has 7 heteroatoms. The van der Waals surface area contributed by atoms with Crippen LogP contribution in [0.25, 0.3) is 0 Å². The van der Waals surface area contributed by atoms with E-state index in [2.05, 4.69) is 26.3 Å². The average molecular weight is 252 g/mol. The second kappa shape index (κ2) is 7.42. The van der Waals surface area contributed by atoms with Gasteiger partial charge in [-0.05, 0) is 6.42 Å². The Morgan fingerprint density at radius 3 is 3.17 bits per heavy atom. The quantitative estimate of drug-likeness (QED) is 0.483. The van der Waals surface area contributed by atoms with Crippen LogP contribution in [-0.4, -0.2) is 46.3 Å². The monoisotopic (exact) mass is 252 g/mol. The first-order chi connectivity index (χ1) is 8.72. The molecule has 98 valence electrons. The number of rotatable bonds is 7. The van der Waals surface area contributed by atoms with Crippen LogP contribution in [0.5, 0.6) is 0 Å². The number of carbonyl (C=O) groups excluding carboxylic acids is 1. The van der Waals surface area contributed by atoms with Gasteiger partial charge < -0.3 is 9.84 Å². The summed E-state index contributed by atoms with van der Waals surface area (Å²) in [5.74, 6) is 1.91. The van der Waals surface area contributed by atoms with E-state index in [9.17, 15) is 4.79 Å². The van der Waals surface area contributed by atoms with Gasteiger partial charge in [0.05, 0.1) is 19.9 Å². The lowest BCUT2D eigenvalue weighted by atomic mass is 10.2. The second-order valence-electron chi connectivity index (χ2n) is 3.52. The summed E-state index contributed by atoms with van der Waals surface area (Å²) < 4.78 is 6.22. The van der Waals surface area contributed by atoms with Crippen LogP contribution in [0.2, 0.25) is 0 Å². The van der Waals surface area contributed by atoms with Crippen molar-refractivity contribution in [3.05, 3.63) is 11.9 Å². The number of terminal acetylenes is 1. The average Bonchev–Trinajstić information content (AvgIpc) is 2.85. The second-order valence-corrected chi connectivity index (χ2v) is 3.52. The van der Waals surface area contributed by atoms with Crippen molar-refractivity contribution in [1.29, 1.82) is 0 Å². The van der Waals surface area contributed by atoms with E-state index < -0.39 is 12.0 Å². The van der Waals surface area contributed by atoms with Crippen molar-refractivity contribution in [2.75, 3.05) is 20.3 Å². The van der Waals surface area contributed by atoms with Crippen molar-refractivity contribution in [3.8, 4) is 12.3 Å². The fourth-order valence-corrected chi connectivity index (χ4v) is 1.38. The number of ether oxygens (including phenoxy) is 1.